The lowest BCUT2D eigenvalue weighted by atomic mass is 10.1. The SMILES string of the molecule is CCOc1cc(C(=O)NNC(=O)c2scnc2C)cc(OCC)c1OCC. The van der Waals surface area contributed by atoms with Gasteiger partial charge in [0.2, 0.25) is 5.75 Å². The van der Waals surface area contributed by atoms with Crippen LogP contribution in [0.15, 0.2) is 17.6 Å². The molecule has 0 aliphatic rings. The Bertz CT molecular complexity index is 779. The van der Waals surface area contributed by atoms with E-state index in [0.717, 1.165) is 0 Å². The summed E-state index contributed by atoms with van der Waals surface area (Å²) >= 11 is 1.20. The number of carbonyl (C=O) groups excluding carboxylic acids is 2. The van der Waals surface area contributed by atoms with E-state index in [1.807, 2.05) is 20.8 Å². The van der Waals surface area contributed by atoms with Crippen molar-refractivity contribution >= 4 is 23.2 Å². The first-order valence-corrected chi connectivity index (χ1v) is 9.46. The maximum Gasteiger partial charge on any atom is 0.281 e. The third-order valence-corrected chi connectivity index (χ3v) is 4.34. The van der Waals surface area contributed by atoms with Crippen LogP contribution in [0.3, 0.4) is 0 Å². The molecule has 0 aliphatic carbocycles. The van der Waals surface area contributed by atoms with E-state index in [1.54, 1.807) is 24.6 Å². The molecule has 2 rings (SSSR count). The molecule has 9 heteroatoms. The molecule has 8 nitrogen and oxygen atoms in total. The van der Waals surface area contributed by atoms with Gasteiger partial charge in [-0.15, -0.1) is 11.3 Å². The predicted octanol–water partition coefficient (Wildman–Crippen LogP) is 2.72. The van der Waals surface area contributed by atoms with Gasteiger partial charge in [-0.05, 0) is 39.8 Å². The zero-order chi connectivity index (χ0) is 19.8. The van der Waals surface area contributed by atoms with E-state index in [1.165, 1.54) is 11.3 Å². The molecule has 0 atom stereocenters. The van der Waals surface area contributed by atoms with Crippen molar-refractivity contribution in [3.8, 4) is 17.2 Å². The third-order valence-electron chi connectivity index (χ3n) is 3.41. The molecule has 2 N–H and O–H groups in total. The first-order chi connectivity index (χ1) is 13.0. The fraction of sp³-hybridized carbons (Fsp3) is 0.389. The number of nitrogens with one attached hydrogen (secondary N) is 2. The van der Waals surface area contributed by atoms with E-state index in [9.17, 15) is 9.59 Å². The lowest BCUT2D eigenvalue weighted by Crippen LogP contribution is -2.41. The second-order valence-corrected chi connectivity index (χ2v) is 6.13. The number of nitrogens with zero attached hydrogens (tertiary/aromatic N) is 1. The Morgan fingerprint density at radius 1 is 0.963 bits per heavy atom. The van der Waals surface area contributed by atoms with Gasteiger partial charge in [0.15, 0.2) is 11.5 Å². The van der Waals surface area contributed by atoms with Gasteiger partial charge in [0.1, 0.15) is 4.88 Å². The Hall–Kier alpha value is -2.81. The van der Waals surface area contributed by atoms with Gasteiger partial charge in [0.25, 0.3) is 11.8 Å². The molecular formula is C18H23N3O5S. The van der Waals surface area contributed by atoms with Crippen LogP contribution in [0.5, 0.6) is 17.2 Å². The summed E-state index contributed by atoms with van der Waals surface area (Å²) in [5, 5.41) is 0. The molecule has 0 bridgehead atoms. The summed E-state index contributed by atoms with van der Waals surface area (Å²) in [4.78, 5) is 29.1. The molecule has 146 valence electrons. The van der Waals surface area contributed by atoms with Crippen molar-refractivity contribution < 1.29 is 23.8 Å². The Labute approximate surface area is 161 Å². The number of benzene rings is 1. The zero-order valence-electron chi connectivity index (χ0n) is 15.8. The quantitative estimate of drug-likeness (QED) is 0.669. The summed E-state index contributed by atoms with van der Waals surface area (Å²) in [6, 6.07) is 3.10. The lowest BCUT2D eigenvalue weighted by molar-refractivity contribution is 0.0848. The number of rotatable bonds is 8. The molecular weight excluding hydrogens is 370 g/mol. The average Bonchev–Trinajstić information content (AvgIpc) is 3.08. The number of hydrazine groups is 1. The summed E-state index contributed by atoms with van der Waals surface area (Å²) in [5.41, 5.74) is 7.22. The molecule has 0 spiro atoms. The highest BCUT2D eigenvalue weighted by atomic mass is 32.1. The van der Waals surface area contributed by atoms with Crippen LogP contribution >= 0.6 is 11.3 Å². The van der Waals surface area contributed by atoms with Crippen LogP contribution in [-0.4, -0.2) is 36.6 Å². The normalized spacial score (nSPS) is 10.2. The van der Waals surface area contributed by atoms with Crippen molar-refractivity contribution in [1.82, 2.24) is 15.8 Å². The van der Waals surface area contributed by atoms with Gasteiger partial charge in [-0.2, -0.15) is 0 Å². The Morgan fingerprint density at radius 2 is 1.52 bits per heavy atom. The Kier molecular flexibility index (Phi) is 7.42. The molecule has 0 radical (unpaired) electrons. The van der Waals surface area contributed by atoms with Crippen LogP contribution in [0.2, 0.25) is 0 Å². The second kappa shape index (κ2) is 9.77. The lowest BCUT2D eigenvalue weighted by Gasteiger charge is -2.17. The summed E-state index contributed by atoms with van der Waals surface area (Å²) in [6.45, 7) is 8.47. The zero-order valence-corrected chi connectivity index (χ0v) is 16.6. The molecule has 0 unspecified atom stereocenters. The van der Waals surface area contributed by atoms with E-state index in [4.69, 9.17) is 14.2 Å². The molecule has 1 aromatic heterocycles. The first-order valence-electron chi connectivity index (χ1n) is 8.58. The Morgan fingerprint density at radius 3 is 2.00 bits per heavy atom. The number of amides is 2. The van der Waals surface area contributed by atoms with Crippen molar-refractivity contribution in [2.45, 2.75) is 27.7 Å². The number of ether oxygens (including phenoxy) is 3. The highest BCUT2D eigenvalue weighted by molar-refractivity contribution is 7.11. The molecule has 0 fully saturated rings. The molecule has 0 saturated heterocycles. The summed E-state index contributed by atoms with van der Waals surface area (Å²) in [5.74, 6) is 0.321. The van der Waals surface area contributed by atoms with E-state index in [0.29, 0.717) is 47.6 Å². The minimum Gasteiger partial charge on any atom is -0.490 e. The van der Waals surface area contributed by atoms with Crippen molar-refractivity contribution in [2.24, 2.45) is 0 Å². The molecule has 27 heavy (non-hydrogen) atoms. The number of thiazole rings is 1. The van der Waals surface area contributed by atoms with Crippen molar-refractivity contribution in [2.75, 3.05) is 19.8 Å². The number of aryl methyl sites for hydroxylation is 1. The predicted molar refractivity (Wildman–Crippen MR) is 102 cm³/mol. The van der Waals surface area contributed by atoms with Gasteiger partial charge in [-0.1, -0.05) is 0 Å². The van der Waals surface area contributed by atoms with E-state index in [-0.39, 0.29) is 5.56 Å². The van der Waals surface area contributed by atoms with Crippen molar-refractivity contribution in [3.05, 3.63) is 33.8 Å². The number of carbonyl (C=O) groups is 2. The fourth-order valence-corrected chi connectivity index (χ4v) is 2.98. The highest BCUT2D eigenvalue weighted by Gasteiger charge is 2.19. The van der Waals surface area contributed by atoms with E-state index in [2.05, 4.69) is 15.8 Å². The molecule has 0 aliphatic heterocycles. The van der Waals surface area contributed by atoms with Crippen LogP contribution in [0.25, 0.3) is 0 Å². The van der Waals surface area contributed by atoms with Crippen molar-refractivity contribution in [1.29, 1.82) is 0 Å². The first kappa shape index (κ1) is 20.5. The highest BCUT2D eigenvalue weighted by Crippen LogP contribution is 2.39. The molecule has 0 saturated carbocycles. The standard InChI is InChI=1S/C18H23N3O5S/c1-5-24-13-8-12(9-14(25-6-2)15(13)26-7-3)17(22)20-21-18(23)16-11(4)19-10-27-16/h8-10H,5-7H2,1-4H3,(H,20,22)(H,21,23). The van der Waals surface area contributed by atoms with Crippen molar-refractivity contribution in [3.63, 3.8) is 0 Å². The average molecular weight is 393 g/mol. The third kappa shape index (κ3) is 5.10. The van der Waals surface area contributed by atoms with Gasteiger partial charge >= 0.3 is 0 Å². The number of aromatic nitrogens is 1. The number of hydrogen-bond donors (Lipinski definition) is 2. The largest absolute Gasteiger partial charge is 0.490 e. The van der Waals surface area contributed by atoms with Gasteiger partial charge in [-0.25, -0.2) is 4.98 Å². The van der Waals surface area contributed by atoms with E-state index >= 15 is 0 Å². The van der Waals surface area contributed by atoms with E-state index < -0.39 is 11.8 Å². The van der Waals surface area contributed by atoms with Gasteiger partial charge in [0.05, 0.1) is 31.0 Å². The van der Waals surface area contributed by atoms with Crippen LogP contribution in [0, 0.1) is 6.92 Å². The number of hydrogen-bond acceptors (Lipinski definition) is 7. The Balaban J connectivity index is 2.21. The maximum absolute atomic E-state index is 12.5. The van der Waals surface area contributed by atoms with Gasteiger partial charge < -0.3 is 14.2 Å². The van der Waals surface area contributed by atoms with Crippen LogP contribution < -0.4 is 25.1 Å². The minimum absolute atomic E-state index is 0.270. The topological polar surface area (TPSA) is 98.8 Å². The maximum atomic E-state index is 12.5. The molecule has 1 aromatic carbocycles. The van der Waals surface area contributed by atoms with Crippen LogP contribution in [0.4, 0.5) is 0 Å². The second-order valence-electron chi connectivity index (χ2n) is 5.28. The van der Waals surface area contributed by atoms with Crippen LogP contribution in [-0.2, 0) is 0 Å². The van der Waals surface area contributed by atoms with Crippen LogP contribution in [0.1, 0.15) is 46.5 Å². The smallest absolute Gasteiger partial charge is 0.281 e. The monoisotopic (exact) mass is 393 g/mol. The molecule has 2 amide bonds. The molecule has 1 heterocycles. The van der Waals surface area contributed by atoms with Gasteiger partial charge in [0, 0.05) is 5.56 Å². The molecule has 2 aromatic rings. The fourth-order valence-electron chi connectivity index (χ4n) is 2.28. The summed E-state index contributed by atoms with van der Waals surface area (Å²) in [6.07, 6.45) is 0. The summed E-state index contributed by atoms with van der Waals surface area (Å²) < 4.78 is 16.8. The minimum atomic E-state index is -0.504. The van der Waals surface area contributed by atoms with Gasteiger partial charge in [-0.3, -0.25) is 20.4 Å². The summed E-state index contributed by atoms with van der Waals surface area (Å²) in [7, 11) is 0.